The molecule has 1 aliphatic rings. The highest BCUT2D eigenvalue weighted by molar-refractivity contribution is 5.97. The first-order chi connectivity index (χ1) is 10.0. The van der Waals surface area contributed by atoms with Crippen LogP contribution in [0, 0.1) is 0 Å². The Morgan fingerprint density at radius 2 is 2.33 bits per heavy atom. The Morgan fingerprint density at radius 1 is 1.57 bits per heavy atom. The quantitative estimate of drug-likeness (QED) is 0.845. The molecule has 0 aromatic carbocycles. The van der Waals surface area contributed by atoms with E-state index in [1.807, 2.05) is 0 Å². The van der Waals surface area contributed by atoms with Crippen LogP contribution in [0.3, 0.4) is 0 Å². The van der Waals surface area contributed by atoms with Gasteiger partial charge in [-0.3, -0.25) is 0 Å². The molecule has 1 aliphatic heterocycles. The minimum absolute atomic E-state index is 0.336. The van der Waals surface area contributed by atoms with Crippen LogP contribution in [0.1, 0.15) is 30.1 Å². The van der Waals surface area contributed by atoms with Crippen molar-refractivity contribution in [3.63, 3.8) is 0 Å². The van der Waals surface area contributed by atoms with Crippen LogP contribution in [0.15, 0.2) is 12.3 Å². The Morgan fingerprint density at radius 3 is 3.00 bits per heavy atom. The molecule has 6 heteroatoms. The third-order valence-corrected chi connectivity index (χ3v) is 3.89. The fourth-order valence-corrected chi connectivity index (χ4v) is 2.67. The average molecular weight is 292 g/mol. The van der Waals surface area contributed by atoms with E-state index in [4.69, 9.17) is 10.5 Å². The summed E-state index contributed by atoms with van der Waals surface area (Å²) in [7, 11) is 4.17. The number of carbonyl (C=O) groups excluding carboxylic acids is 1. The molecule has 21 heavy (non-hydrogen) atoms. The van der Waals surface area contributed by atoms with Gasteiger partial charge < -0.3 is 20.3 Å². The van der Waals surface area contributed by atoms with Gasteiger partial charge in [-0.15, -0.1) is 0 Å². The second-order valence-electron chi connectivity index (χ2n) is 5.52. The average Bonchev–Trinajstić information content (AvgIpc) is 2.47. The summed E-state index contributed by atoms with van der Waals surface area (Å²) < 4.78 is 5.04. The molecule has 0 aliphatic carbocycles. The molecular formula is C15H24N4O2. The second-order valence-corrected chi connectivity index (χ2v) is 5.52. The lowest BCUT2D eigenvalue weighted by molar-refractivity contribution is 0.0527. The third kappa shape index (κ3) is 3.44. The van der Waals surface area contributed by atoms with Crippen LogP contribution in [-0.2, 0) is 4.74 Å². The van der Waals surface area contributed by atoms with Crippen molar-refractivity contribution in [1.82, 2.24) is 9.88 Å². The summed E-state index contributed by atoms with van der Waals surface area (Å²) in [4.78, 5) is 20.7. The first-order valence-electron chi connectivity index (χ1n) is 7.37. The normalized spacial score (nSPS) is 18.9. The fraction of sp³-hybridized carbons (Fsp3) is 0.600. The maximum Gasteiger partial charge on any atom is 0.340 e. The standard InChI is InChI=1S/C15H24N4O2/c1-4-21-15(20)12-7-8-17-14(13(12)16)19-9-5-6-11(10-19)18(2)3/h7-8,11H,4-6,9-10,16H2,1-3H3. The predicted molar refractivity (Wildman–Crippen MR) is 83.5 cm³/mol. The number of nitrogen functional groups attached to an aromatic ring is 1. The molecule has 1 aromatic rings. The number of hydrogen-bond acceptors (Lipinski definition) is 6. The van der Waals surface area contributed by atoms with Gasteiger partial charge in [-0.05, 0) is 39.9 Å². The molecule has 2 rings (SSSR count). The van der Waals surface area contributed by atoms with Gasteiger partial charge in [0.15, 0.2) is 5.82 Å². The zero-order valence-electron chi connectivity index (χ0n) is 13.0. The molecule has 1 fully saturated rings. The first kappa shape index (κ1) is 15.6. The number of likely N-dealkylation sites (N-methyl/N-ethyl adjacent to an activating group) is 1. The molecule has 0 bridgehead atoms. The van der Waals surface area contributed by atoms with Gasteiger partial charge in [-0.25, -0.2) is 9.78 Å². The fourth-order valence-electron chi connectivity index (χ4n) is 2.67. The van der Waals surface area contributed by atoms with Gasteiger partial charge in [-0.2, -0.15) is 0 Å². The lowest BCUT2D eigenvalue weighted by Gasteiger charge is -2.37. The second kappa shape index (κ2) is 6.76. The lowest BCUT2D eigenvalue weighted by atomic mass is 10.0. The van der Waals surface area contributed by atoms with E-state index in [0.29, 0.717) is 29.7 Å². The first-order valence-corrected chi connectivity index (χ1v) is 7.37. The van der Waals surface area contributed by atoms with Crippen molar-refractivity contribution in [2.24, 2.45) is 0 Å². The number of pyridine rings is 1. The molecule has 6 nitrogen and oxygen atoms in total. The van der Waals surface area contributed by atoms with Crippen molar-refractivity contribution in [1.29, 1.82) is 0 Å². The predicted octanol–water partition coefficient (Wildman–Crippen LogP) is 1.37. The molecule has 1 unspecified atom stereocenters. The van der Waals surface area contributed by atoms with Crippen molar-refractivity contribution in [2.75, 3.05) is 44.4 Å². The summed E-state index contributed by atoms with van der Waals surface area (Å²) in [5.74, 6) is 0.298. The number of nitrogens with two attached hydrogens (primary N) is 1. The molecule has 0 radical (unpaired) electrons. The van der Waals surface area contributed by atoms with Gasteiger partial charge in [0.2, 0.25) is 0 Å². The number of anilines is 2. The van der Waals surface area contributed by atoms with E-state index in [1.165, 1.54) is 6.42 Å². The van der Waals surface area contributed by atoms with Crippen LogP contribution in [0.25, 0.3) is 0 Å². The van der Waals surface area contributed by atoms with Crippen molar-refractivity contribution in [2.45, 2.75) is 25.8 Å². The van der Waals surface area contributed by atoms with Crippen molar-refractivity contribution < 1.29 is 9.53 Å². The van der Waals surface area contributed by atoms with Gasteiger partial charge in [-0.1, -0.05) is 0 Å². The number of esters is 1. The SMILES string of the molecule is CCOC(=O)c1ccnc(N2CCCC(N(C)C)C2)c1N. The molecule has 1 aromatic heterocycles. The van der Waals surface area contributed by atoms with Crippen molar-refractivity contribution >= 4 is 17.5 Å². The van der Waals surface area contributed by atoms with Crippen LogP contribution in [0.4, 0.5) is 11.5 Å². The van der Waals surface area contributed by atoms with Crippen LogP contribution in [0.5, 0.6) is 0 Å². The van der Waals surface area contributed by atoms with Crippen LogP contribution in [-0.4, -0.2) is 55.7 Å². The summed E-state index contributed by atoms with van der Waals surface area (Å²) in [5, 5.41) is 0. The van der Waals surface area contributed by atoms with E-state index in [-0.39, 0.29) is 5.97 Å². The zero-order chi connectivity index (χ0) is 15.4. The van der Waals surface area contributed by atoms with E-state index >= 15 is 0 Å². The largest absolute Gasteiger partial charge is 0.462 e. The van der Waals surface area contributed by atoms with Gasteiger partial charge in [0.25, 0.3) is 0 Å². The molecular weight excluding hydrogens is 268 g/mol. The molecule has 0 saturated carbocycles. The van der Waals surface area contributed by atoms with Crippen molar-refractivity contribution in [3.05, 3.63) is 17.8 Å². The highest BCUT2D eigenvalue weighted by Crippen LogP contribution is 2.27. The van der Waals surface area contributed by atoms with Crippen molar-refractivity contribution in [3.8, 4) is 0 Å². The smallest absolute Gasteiger partial charge is 0.340 e. The molecule has 0 spiro atoms. The summed E-state index contributed by atoms with van der Waals surface area (Å²) in [6.07, 6.45) is 3.88. The Labute approximate surface area is 125 Å². The minimum Gasteiger partial charge on any atom is -0.462 e. The Hall–Kier alpha value is -1.82. The zero-order valence-corrected chi connectivity index (χ0v) is 13.0. The third-order valence-electron chi connectivity index (χ3n) is 3.89. The van der Waals surface area contributed by atoms with Crippen LogP contribution in [0.2, 0.25) is 0 Å². The summed E-state index contributed by atoms with van der Waals surface area (Å²) in [6, 6.07) is 2.09. The van der Waals surface area contributed by atoms with E-state index in [2.05, 4.69) is 28.9 Å². The molecule has 116 valence electrons. The number of carbonyl (C=O) groups is 1. The number of piperidine rings is 1. The number of hydrogen-bond donors (Lipinski definition) is 1. The van der Waals surface area contributed by atoms with Gasteiger partial charge >= 0.3 is 5.97 Å². The highest BCUT2D eigenvalue weighted by Gasteiger charge is 2.25. The number of nitrogens with zero attached hydrogens (tertiary/aromatic N) is 3. The Bertz CT molecular complexity index is 504. The maximum absolute atomic E-state index is 11.9. The number of ether oxygens (including phenoxy) is 1. The molecule has 1 atom stereocenters. The number of aromatic nitrogens is 1. The van der Waals surface area contributed by atoms with Gasteiger partial charge in [0.1, 0.15) is 0 Å². The topological polar surface area (TPSA) is 71.7 Å². The molecule has 1 saturated heterocycles. The molecule has 0 amide bonds. The van der Waals surface area contributed by atoms with Gasteiger partial charge in [0.05, 0.1) is 17.9 Å². The summed E-state index contributed by atoms with van der Waals surface area (Å²) >= 11 is 0. The van der Waals surface area contributed by atoms with Crippen LogP contribution < -0.4 is 10.6 Å². The monoisotopic (exact) mass is 292 g/mol. The number of rotatable bonds is 4. The van der Waals surface area contributed by atoms with E-state index in [0.717, 1.165) is 19.5 Å². The van der Waals surface area contributed by atoms with E-state index < -0.39 is 0 Å². The van der Waals surface area contributed by atoms with Gasteiger partial charge in [0, 0.05) is 25.3 Å². The molecule has 2 N–H and O–H groups in total. The highest BCUT2D eigenvalue weighted by atomic mass is 16.5. The maximum atomic E-state index is 11.9. The summed E-state index contributed by atoms with van der Waals surface area (Å²) in [6.45, 7) is 3.90. The van der Waals surface area contributed by atoms with E-state index in [1.54, 1.807) is 19.2 Å². The van der Waals surface area contributed by atoms with Crippen LogP contribution >= 0.6 is 0 Å². The van der Waals surface area contributed by atoms with E-state index in [9.17, 15) is 4.79 Å². The summed E-state index contributed by atoms with van der Waals surface area (Å²) in [5.41, 5.74) is 6.96. The Balaban J connectivity index is 2.23. The lowest BCUT2D eigenvalue weighted by Crippen LogP contribution is -2.45. The minimum atomic E-state index is -0.389. The molecule has 2 heterocycles. The Kier molecular flexibility index (Phi) is 5.01.